The average molecular weight is 259 g/mol. The fraction of sp³-hybridized carbons (Fsp3) is 0.308. The van der Waals surface area contributed by atoms with E-state index >= 15 is 0 Å². The molecule has 0 spiro atoms. The van der Waals surface area contributed by atoms with Crippen LogP contribution in [0.1, 0.15) is 6.92 Å². The highest BCUT2D eigenvalue weighted by molar-refractivity contribution is 5.60. The number of hydrogen-bond acceptors (Lipinski definition) is 6. The van der Waals surface area contributed by atoms with E-state index in [2.05, 4.69) is 25.6 Å². The molecule has 0 saturated heterocycles. The van der Waals surface area contributed by atoms with Gasteiger partial charge in [0.1, 0.15) is 5.82 Å². The van der Waals surface area contributed by atoms with E-state index in [0.717, 1.165) is 11.4 Å². The molecule has 0 aliphatic rings. The summed E-state index contributed by atoms with van der Waals surface area (Å²) in [5.41, 5.74) is 1.51. The van der Waals surface area contributed by atoms with Gasteiger partial charge in [0.15, 0.2) is 0 Å². The second kappa shape index (κ2) is 6.10. The zero-order chi connectivity index (χ0) is 13.7. The van der Waals surface area contributed by atoms with Crippen molar-refractivity contribution in [1.82, 2.24) is 15.0 Å². The Labute approximate surface area is 112 Å². The van der Waals surface area contributed by atoms with Gasteiger partial charge in [-0.05, 0) is 19.1 Å². The molecule has 0 radical (unpaired) electrons. The molecular weight excluding hydrogens is 242 g/mol. The van der Waals surface area contributed by atoms with Crippen molar-refractivity contribution < 1.29 is 5.11 Å². The molecule has 2 heterocycles. The predicted octanol–water partition coefficient (Wildman–Crippen LogP) is 1.37. The van der Waals surface area contributed by atoms with E-state index in [1.807, 2.05) is 31.2 Å². The minimum Gasteiger partial charge on any atom is -0.394 e. The van der Waals surface area contributed by atoms with Crippen molar-refractivity contribution in [3.8, 4) is 11.4 Å². The van der Waals surface area contributed by atoms with Gasteiger partial charge in [-0.15, -0.1) is 0 Å². The molecule has 3 N–H and O–H groups in total. The molecule has 0 fully saturated rings. The molecule has 6 heteroatoms. The normalized spacial score (nSPS) is 11.9. The number of nitrogens with zero attached hydrogens (tertiary/aromatic N) is 3. The number of rotatable bonds is 5. The van der Waals surface area contributed by atoms with Gasteiger partial charge >= 0.3 is 0 Å². The first-order chi connectivity index (χ1) is 9.22. The van der Waals surface area contributed by atoms with E-state index in [1.165, 1.54) is 0 Å². The average Bonchev–Trinajstić information content (AvgIpc) is 2.47. The highest BCUT2D eigenvalue weighted by Crippen LogP contribution is 2.19. The predicted molar refractivity (Wildman–Crippen MR) is 75.0 cm³/mol. The topological polar surface area (TPSA) is 83.0 Å². The van der Waals surface area contributed by atoms with Gasteiger partial charge < -0.3 is 15.7 Å². The maximum atomic E-state index is 9.06. The first-order valence-corrected chi connectivity index (χ1v) is 6.08. The number of anilines is 2. The highest BCUT2D eigenvalue weighted by Gasteiger charge is 2.08. The molecule has 0 unspecified atom stereocenters. The summed E-state index contributed by atoms with van der Waals surface area (Å²) >= 11 is 0. The van der Waals surface area contributed by atoms with Gasteiger partial charge in [0.2, 0.25) is 5.95 Å². The van der Waals surface area contributed by atoms with Crippen LogP contribution < -0.4 is 10.6 Å². The van der Waals surface area contributed by atoms with E-state index in [1.54, 1.807) is 13.2 Å². The Morgan fingerprint density at radius 3 is 2.74 bits per heavy atom. The third-order valence-corrected chi connectivity index (χ3v) is 2.56. The second-order valence-corrected chi connectivity index (χ2v) is 4.15. The van der Waals surface area contributed by atoms with Crippen LogP contribution in [-0.4, -0.2) is 39.8 Å². The minimum atomic E-state index is -0.108. The lowest BCUT2D eigenvalue weighted by molar-refractivity contribution is 0.281. The minimum absolute atomic E-state index is 0.0199. The maximum absolute atomic E-state index is 9.06. The molecule has 0 aliphatic heterocycles. The number of pyridine rings is 1. The van der Waals surface area contributed by atoms with E-state index in [-0.39, 0.29) is 12.6 Å². The number of nitrogens with one attached hydrogen (secondary N) is 2. The van der Waals surface area contributed by atoms with E-state index in [4.69, 9.17) is 5.11 Å². The van der Waals surface area contributed by atoms with Gasteiger partial charge in [-0.3, -0.25) is 4.98 Å². The lowest BCUT2D eigenvalue weighted by atomic mass is 10.2. The van der Waals surface area contributed by atoms with Crippen molar-refractivity contribution >= 4 is 11.8 Å². The molecule has 6 nitrogen and oxygen atoms in total. The van der Waals surface area contributed by atoms with Crippen molar-refractivity contribution in [2.75, 3.05) is 24.3 Å². The molecular formula is C13H17N5O. The monoisotopic (exact) mass is 259 g/mol. The summed E-state index contributed by atoms with van der Waals surface area (Å²) in [6.45, 7) is 1.88. The van der Waals surface area contributed by atoms with Crippen molar-refractivity contribution in [2.45, 2.75) is 13.0 Å². The Morgan fingerprint density at radius 2 is 2.11 bits per heavy atom. The fourth-order valence-electron chi connectivity index (χ4n) is 1.55. The highest BCUT2D eigenvalue weighted by atomic mass is 16.3. The van der Waals surface area contributed by atoms with Crippen molar-refractivity contribution in [3.05, 3.63) is 30.5 Å². The largest absolute Gasteiger partial charge is 0.394 e. The summed E-state index contributed by atoms with van der Waals surface area (Å²) in [5.74, 6) is 1.16. The van der Waals surface area contributed by atoms with Gasteiger partial charge in [-0.25, -0.2) is 4.98 Å². The number of aromatic nitrogens is 3. The zero-order valence-electron chi connectivity index (χ0n) is 11.0. The molecule has 0 aliphatic carbocycles. The number of hydrogen-bond donors (Lipinski definition) is 3. The summed E-state index contributed by atoms with van der Waals surface area (Å²) in [4.78, 5) is 13.0. The van der Waals surface area contributed by atoms with Crippen LogP contribution in [0.2, 0.25) is 0 Å². The molecule has 2 rings (SSSR count). The van der Waals surface area contributed by atoms with Crippen molar-refractivity contribution in [2.24, 2.45) is 0 Å². The van der Waals surface area contributed by atoms with Crippen LogP contribution in [0.25, 0.3) is 11.4 Å². The fourth-order valence-corrected chi connectivity index (χ4v) is 1.55. The molecule has 0 aromatic carbocycles. The van der Waals surface area contributed by atoms with Crippen molar-refractivity contribution in [3.63, 3.8) is 0 Å². The van der Waals surface area contributed by atoms with Crippen LogP contribution in [0.15, 0.2) is 30.5 Å². The molecule has 1 atom stereocenters. The second-order valence-electron chi connectivity index (χ2n) is 4.15. The molecule has 2 aromatic rings. The smallest absolute Gasteiger partial charge is 0.225 e. The van der Waals surface area contributed by atoms with Crippen LogP contribution in [0.4, 0.5) is 11.8 Å². The van der Waals surface area contributed by atoms with Gasteiger partial charge in [0, 0.05) is 25.4 Å². The van der Waals surface area contributed by atoms with Crippen LogP contribution in [0.5, 0.6) is 0 Å². The van der Waals surface area contributed by atoms with Gasteiger partial charge in [0.25, 0.3) is 0 Å². The third-order valence-electron chi connectivity index (χ3n) is 2.56. The number of aliphatic hydroxyl groups excluding tert-OH is 1. The van der Waals surface area contributed by atoms with E-state index in [9.17, 15) is 0 Å². The van der Waals surface area contributed by atoms with Gasteiger partial charge in [-0.1, -0.05) is 6.07 Å². The van der Waals surface area contributed by atoms with Crippen LogP contribution in [0.3, 0.4) is 0 Å². The Morgan fingerprint density at radius 1 is 1.26 bits per heavy atom. The van der Waals surface area contributed by atoms with Crippen LogP contribution in [0, 0.1) is 0 Å². The number of aliphatic hydroxyl groups is 1. The molecule has 19 heavy (non-hydrogen) atoms. The Bertz CT molecular complexity index is 532. The summed E-state index contributed by atoms with van der Waals surface area (Å²) in [6, 6.07) is 7.38. The summed E-state index contributed by atoms with van der Waals surface area (Å²) in [5, 5.41) is 15.1. The maximum Gasteiger partial charge on any atom is 0.225 e. The molecule has 0 amide bonds. The quantitative estimate of drug-likeness (QED) is 0.752. The standard InChI is InChI=1S/C13H17N5O/c1-9(8-19)16-13-17-11(7-12(14-2)18-13)10-5-3-4-6-15-10/h3-7,9,19H,8H2,1-2H3,(H2,14,16,17,18)/t9-/m1/s1. The Balaban J connectivity index is 2.36. The first-order valence-electron chi connectivity index (χ1n) is 6.08. The zero-order valence-corrected chi connectivity index (χ0v) is 11.0. The van der Waals surface area contributed by atoms with Crippen LogP contribution >= 0.6 is 0 Å². The van der Waals surface area contributed by atoms with Gasteiger partial charge in [-0.2, -0.15) is 4.98 Å². The third kappa shape index (κ3) is 3.38. The first kappa shape index (κ1) is 13.2. The molecule has 0 bridgehead atoms. The van der Waals surface area contributed by atoms with E-state index < -0.39 is 0 Å². The Kier molecular flexibility index (Phi) is 4.25. The van der Waals surface area contributed by atoms with Crippen LogP contribution in [-0.2, 0) is 0 Å². The molecule has 100 valence electrons. The lowest BCUT2D eigenvalue weighted by Gasteiger charge is -2.12. The summed E-state index contributed by atoms with van der Waals surface area (Å²) in [6.07, 6.45) is 1.72. The molecule has 0 saturated carbocycles. The van der Waals surface area contributed by atoms with Crippen molar-refractivity contribution in [1.29, 1.82) is 0 Å². The molecule has 2 aromatic heterocycles. The summed E-state index contributed by atoms with van der Waals surface area (Å²) in [7, 11) is 1.80. The Hall–Kier alpha value is -2.21. The van der Waals surface area contributed by atoms with Gasteiger partial charge in [0.05, 0.1) is 18.0 Å². The lowest BCUT2D eigenvalue weighted by Crippen LogP contribution is -2.21. The van der Waals surface area contributed by atoms with E-state index in [0.29, 0.717) is 11.8 Å². The SMILES string of the molecule is CNc1cc(-c2ccccn2)nc(N[C@H](C)CO)n1. The summed E-state index contributed by atoms with van der Waals surface area (Å²) < 4.78 is 0.